The Hall–Kier alpha value is -3.98. The van der Waals surface area contributed by atoms with Crippen LogP contribution >= 0.6 is 0 Å². The first-order valence-corrected chi connectivity index (χ1v) is 22.6. The molecule has 0 spiro atoms. The summed E-state index contributed by atoms with van der Waals surface area (Å²) in [5.41, 5.74) is 5.86. The van der Waals surface area contributed by atoms with Crippen molar-refractivity contribution < 1.29 is 23.4 Å². The van der Waals surface area contributed by atoms with Crippen molar-refractivity contribution in [1.29, 1.82) is 0 Å². The molecule has 0 aliphatic carbocycles. The number of hydrogen-bond donors (Lipinski definition) is 0. The fourth-order valence-corrected chi connectivity index (χ4v) is 8.00. The summed E-state index contributed by atoms with van der Waals surface area (Å²) in [4.78, 5) is 17.1. The van der Waals surface area contributed by atoms with E-state index in [0.717, 1.165) is 69.8 Å². The lowest BCUT2D eigenvalue weighted by molar-refractivity contribution is -0.0367. The maximum absolute atomic E-state index is 13.3. The van der Waals surface area contributed by atoms with Gasteiger partial charge in [0.05, 0.1) is 54.1 Å². The Bertz CT molecular complexity index is 2010. The van der Waals surface area contributed by atoms with Gasteiger partial charge in [-0.25, -0.2) is 14.2 Å². The summed E-state index contributed by atoms with van der Waals surface area (Å²) in [5, 5.41) is 16.1. The van der Waals surface area contributed by atoms with E-state index in [1.807, 2.05) is 38.7 Å². The predicted octanol–water partition coefficient (Wildman–Crippen LogP) is 8.10. The van der Waals surface area contributed by atoms with Gasteiger partial charge < -0.3 is 23.5 Å². The minimum Gasteiger partial charge on any atom is -0.473 e. The predicted molar refractivity (Wildman–Crippen MR) is 219 cm³/mol. The third-order valence-electron chi connectivity index (χ3n) is 10.9. The van der Waals surface area contributed by atoms with Crippen molar-refractivity contribution >= 4 is 37.5 Å². The van der Waals surface area contributed by atoms with Gasteiger partial charge in [0.1, 0.15) is 11.7 Å². The number of aromatic nitrogens is 6. The number of hydrogen-bond acceptors (Lipinski definition) is 9. The van der Waals surface area contributed by atoms with Crippen molar-refractivity contribution in [3.05, 3.63) is 47.0 Å². The zero-order valence-electron chi connectivity index (χ0n) is 35.1. The molecule has 2 aliphatic rings. The molecular weight excluding hydrogens is 713 g/mol. The van der Waals surface area contributed by atoms with Crippen LogP contribution in [-0.4, -0.2) is 99.1 Å². The van der Waals surface area contributed by atoms with Gasteiger partial charge >= 0.3 is 6.09 Å². The number of carbonyl (C=O) groups excluding carboxylic acids is 1. The number of likely N-dealkylation sites (N-methyl/N-ethyl adjacent to an activating group) is 1. The SMILES string of the molecule is C[C@H]1CN(C)Cc2c(c(CN(C)C(=O)OC(C)(C)C)nn2CCO[Si](C)(C)C(C)(C)C)/C=C/c2nn(C3CCCCO3)c3ccc(cc23)-c2cnn(C)c2O1. The molecule has 0 saturated carbocycles. The van der Waals surface area contributed by atoms with Gasteiger partial charge in [-0.3, -0.25) is 9.58 Å². The van der Waals surface area contributed by atoms with Crippen LogP contribution in [0.3, 0.4) is 0 Å². The van der Waals surface area contributed by atoms with E-state index in [9.17, 15) is 4.79 Å². The largest absolute Gasteiger partial charge is 0.473 e. The smallest absolute Gasteiger partial charge is 0.410 e. The molecular formula is C41H62N8O5Si. The molecule has 0 N–H and O–H groups in total. The van der Waals surface area contributed by atoms with Crippen LogP contribution in [0.5, 0.6) is 5.88 Å². The quantitative estimate of drug-likeness (QED) is 0.172. The number of aryl methyl sites for hydroxylation is 1. The van der Waals surface area contributed by atoms with Crippen molar-refractivity contribution in [3.8, 4) is 17.0 Å². The molecule has 1 unspecified atom stereocenters. The molecule has 1 saturated heterocycles. The molecule has 1 amide bonds. The highest BCUT2D eigenvalue weighted by atomic mass is 28.4. The highest BCUT2D eigenvalue weighted by Crippen LogP contribution is 2.38. The number of benzene rings is 1. The molecule has 4 aromatic rings. The first-order chi connectivity index (χ1) is 25.8. The summed E-state index contributed by atoms with van der Waals surface area (Å²) < 4.78 is 31.2. The second kappa shape index (κ2) is 15.9. The normalized spacial score (nSPS) is 19.3. The van der Waals surface area contributed by atoms with Crippen LogP contribution in [0, 0.1) is 0 Å². The van der Waals surface area contributed by atoms with E-state index in [2.05, 4.69) is 92.9 Å². The number of rotatable bonds is 7. The number of ether oxygens (including phenoxy) is 3. The van der Waals surface area contributed by atoms with Gasteiger partial charge in [0.15, 0.2) is 14.5 Å². The standard InChI is InChI=1S/C41H62N8O5Si/c1-28-25-45(8)27-36-30(34(26-46(9)39(50)54-40(2,3)4)43-48(36)20-22-52-55(11,12)41(5,6)7)17-18-33-31-23-29(32-24-42-47(10)38(32)53-28)16-19-35(31)49(44-33)37-15-13-14-21-51-37/h16-19,23-24,28,37H,13-15,20-22,25-27H2,1-12H3/b18-17+/t28-,37?/m0/s1. The number of nitrogens with zero attached hydrogens (tertiary/aromatic N) is 8. The van der Waals surface area contributed by atoms with Crippen molar-refractivity contribution in [2.45, 2.75) is 123 Å². The van der Waals surface area contributed by atoms with Crippen LogP contribution in [0.15, 0.2) is 24.4 Å². The van der Waals surface area contributed by atoms with Crippen molar-refractivity contribution in [1.82, 2.24) is 39.1 Å². The summed E-state index contributed by atoms with van der Waals surface area (Å²) in [5.74, 6) is 0.719. The summed E-state index contributed by atoms with van der Waals surface area (Å²) in [6.07, 6.45) is 8.44. The van der Waals surface area contributed by atoms with Crippen molar-refractivity contribution in [2.24, 2.45) is 7.05 Å². The third-order valence-corrected chi connectivity index (χ3v) is 15.4. The topological polar surface area (TPSA) is 114 Å². The summed E-state index contributed by atoms with van der Waals surface area (Å²) in [7, 11) is 3.77. The van der Waals surface area contributed by atoms with Gasteiger partial charge in [-0.1, -0.05) is 26.8 Å². The van der Waals surface area contributed by atoms with Crippen LogP contribution in [0.4, 0.5) is 4.79 Å². The lowest BCUT2D eigenvalue weighted by Crippen LogP contribution is -2.41. The Kier molecular flexibility index (Phi) is 11.7. The van der Waals surface area contributed by atoms with Crippen LogP contribution in [0.1, 0.15) is 96.6 Å². The van der Waals surface area contributed by atoms with Crippen molar-refractivity contribution in [2.75, 3.05) is 33.9 Å². The maximum Gasteiger partial charge on any atom is 0.410 e. The Morgan fingerprint density at radius 1 is 1.07 bits per heavy atom. The first-order valence-electron chi connectivity index (χ1n) is 19.7. The molecule has 14 heteroatoms. The molecule has 1 fully saturated rings. The summed E-state index contributed by atoms with van der Waals surface area (Å²) in [6, 6.07) is 6.43. The molecule has 55 heavy (non-hydrogen) atoms. The van der Waals surface area contributed by atoms with E-state index in [1.54, 1.807) is 16.6 Å². The molecule has 13 nitrogen and oxygen atoms in total. The van der Waals surface area contributed by atoms with Gasteiger partial charge in [0.2, 0.25) is 5.88 Å². The lowest BCUT2D eigenvalue weighted by Gasteiger charge is -2.36. The number of fused-ring (bicyclic) bond motifs is 4. The van der Waals surface area contributed by atoms with E-state index in [1.165, 1.54) is 0 Å². The summed E-state index contributed by atoms with van der Waals surface area (Å²) in [6.45, 7) is 22.3. The van der Waals surface area contributed by atoms with E-state index < -0.39 is 20.0 Å². The fraction of sp³-hybridized carbons (Fsp3) is 0.610. The third kappa shape index (κ3) is 9.19. The van der Waals surface area contributed by atoms with Gasteiger partial charge in [-0.05, 0) is 102 Å². The molecule has 2 atom stereocenters. The van der Waals surface area contributed by atoms with Gasteiger partial charge in [0.25, 0.3) is 0 Å². The molecule has 2 bridgehead atoms. The van der Waals surface area contributed by atoms with Crippen LogP contribution < -0.4 is 4.74 Å². The average Bonchev–Trinajstić information content (AvgIpc) is 3.74. The van der Waals surface area contributed by atoms with E-state index in [4.69, 9.17) is 28.8 Å². The molecule has 1 aromatic carbocycles. The maximum atomic E-state index is 13.3. The minimum atomic E-state index is -2.01. The second-order valence-electron chi connectivity index (χ2n) is 17.8. The van der Waals surface area contributed by atoms with Crippen LogP contribution in [0.25, 0.3) is 34.2 Å². The zero-order valence-corrected chi connectivity index (χ0v) is 36.1. The minimum absolute atomic E-state index is 0.0810. The van der Waals surface area contributed by atoms with Crippen molar-refractivity contribution in [3.63, 3.8) is 0 Å². The summed E-state index contributed by atoms with van der Waals surface area (Å²) >= 11 is 0. The average molecular weight is 775 g/mol. The van der Waals surface area contributed by atoms with E-state index in [0.29, 0.717) is 32.8 Å². The zero-order chi connectivity index (χ0) is 39.9. The highest BCUT2D eigenvalue weighted by Gasteiger charge is 2.37. The van der Waals surface area contributed by atoms with Crippen LogP contribution in [-0.2, 0) is 40.6 Å². The van der Waals surface area contributed by atoms with E-state index >= 15 is 0 Å². The van der Waals surface area contributed by atoms with Gasteiger partial charge in [-0.15, -0.1) is 0 Å². The molecule has 0 radical (unpaired) electrons. The van der Waals surface area contributed by atoms with E-state index in [-0.39, 0.29) is 23.9 Å². The molecule has 2 aliphatic heterocycles. The van der Waals surface area contributed by atoms with Gasteiger partial charge in [-0.2, -0.15) is 15.3 Å². The molecule has 300 valence electrons. The molecule has 6 rings (SSSR count). The monoisotopic (exact) mass is 774 g/mol. The number of carbonyl (C=O) groups is 1. The lowest BCUT2D eigenvalue weighted by atomic mass is 10.0. The number of amides is 1. The Balaban J connectivity index is 1.50. The molecule has 5 heterocycles. The van der Waals surface area contributed by atoms with Crippen LogP contribution in [0.2, 0.25) is 18.1 Å². The molecule has 3 aromatic heterocycles. The highest BCUT2D eigenvalue weighted by molar-refractivity contribution is 6.74. The Labute approximate surface area is 327 Å². The first kappa shape index (κ1) is 40.7. The Morgan fingerprint density at radius 2 is 1.84 bits per heavy atom. The second-order valence-corrected chi connectivity index (χ2v) is 22.6. The fourth-order valence-electron chi connectivity index (χ4n) is 6.96. The van der Waals surface area contributed by atoms with Gasteiger partial charge in [0, 0.05) is 44.7 Å². The Morgan fingerprint density at radius 3 is 2.53 bits per heavy atom.